The minimum atomic E-state index is -0.564. The van der Waals surface area contributed by atoms with E-state index in [1.54, 1.807) is 0 Å². The predicted molar refractivity (Wildman–Crippen MR) is 77.6 cm³/mol. The van der Waals surface area contributed by atoms with Crippen LogP contribution >= 0.6 is 0 Å². The molecule has 1 aromatic carbocycles. The molecule has 3 nitrogen and oxygen atoms in total. The molecule has 0 aliphatic heterocycles. The second kappa shape index (κ2) is 5.74. The summed E-state index contributed by atoms with van der Waals surface area (Å²) in [6.45, 7) is 4.53. The Morgan fingerprint density at radius 3 is 2.68 bits per heavy atom. The first-order chi connectivity index (χ1) is 8.98. The molecule has 3 N–H and O–H groups in total. The van der Waals surface area contributed by atoms with Crippen LogP contribution in [0.15, 0.2) is 30.3 Å². The zero-order valence-electron chi connectivity index (χ0n) is 11.9. The van der Waals surface area contributed by atoms with Crippen LogP contribution < -0.4 is 11.1 Å². The monoisotopic (exact) mass is 260 g/mol. The minimum absolute atomic E-state index is 0.0612. The quantitative estimate of drug-likeness (QED) is 0.878. The zero-order chi connectivity index (χ0) is 13.9. The average molecular weight is 260 g/mol. The maximum absolute atomic E-state index is 12.2. The second-order valence-corrected chi connectivity index (χ2v) is 6.35. The first-order valence-corrected chi connectivity index (χ1v) is 7.09. The fraction of sp³-hybridized carbons (Fsp3) is 0.562. The van der Waals surface area contributed by atoms with Crippen LogP contribution in [-0.2, 0) is 4.79 Å². The summed E-state index contributed by atoms with van der Waals surface area (Å²) in [7, 11) is 0. The molecular weight excluding hydrogens is 236 g/mol. The molecule has 3 heteroatoms. The topological polar surface area (TPSA) is 55.1 Å². The lowest BCUT2D eigenvalue weighted by atomic mass is 9.75. The Morgan fingerprint density at radius 1 is 1.37 bits per heavy atom. The SMILES string of the molecule is CC1(C)CCCC(NC(=O)[C@@H](N)c2ccccc2)C1. The number of amides is 1. The van der Waals surface area contributed by atoms with E-state index in [4.69, 9.17) is 5.73 Å². The Kier molecular flexibility index (Phi) is 4.25. The normalized spacial score (nSPS) is 23.6. The Balaban J connectivity index is 1.94. The molecule has 0 radical (unpaired) electrons. The van der Waals surface area contributed by atoms with E-state index in [-0.39, 0.29) is 11.9 Å². The van der Waals surface area contributed by atoms with E-state index in [9.17, 15) is 4.79 Å². The van der Waals surface area contributed by atoms with Crippen molar-refractivity contribution >= 4 is 5.91 Å². The van der Waals surface area contributed by atoms with Crippen molar-refractivity contribution in [2.24, 2.45) is 11.1 Å². The van der Waals surface area contributed by atoms with Crippen LogP contribution in [0.2, 0.25) is 0 Å². The molecule has 1 amide bonds. The van der Waals surface area contributed by atoms with E-state index in [0.717, 1.165) is 18.4 Å². The molecule has 2 rings (SSSR count). The lowest BCUT2D eigenvalue weighted by Crippen LogP contribution is -2.44. The molecular formula is C16H24N2O. The predicted octanol–water partition coefficient (Wildman–Crippen LogP) is 2.77. The highest BCUT2D eigenvalue weighted by atomic mass is 16.2. The van der Waals surface area contributed by atoms with E-state index >= 15 is 0 Å². The van der Waals surface area contributed by atoms with E-state index in [2.05, 4.69) is 19.2 Å². The summed E-state index contributed by atoms with van der Waals surface area (Å²) < 4.78 is 0. The Morgan fingerprint density at radius 2 is 2.05 bits per heavy atom. The molecule has 1 aromatic rings. The minimum Gasteiger partial charge on any atom is -0.352 e. The number of nitrogens with one attached hydrogen (secondary N) is 1. The van der Waals surface area contributed by atoms with Crippen molar-refractivity contribution in [1.29, 1.82) is 0 Å². The Labute approximate surface area is 115 Å². The Bertz CT molecular complexity index is 428. The molecule has 0 spiro atoms. The lowest BCUT2D eigenvalue weighted by Gasteiger charge is -2.36. The van der Waals surface area contributed by atoms with E-state index < -0.39 is 6.04 Å². The van der Waals surface area contributed by atoms with Crippen LogP contribution in [0.25, 0.3) is 0 Å². The first-order valence-electron chi connectivity index (χ1n) is 7.09. The number of hydrogen-bond acceptors (Lipinski definition) is 2. The van der Waals surface area contributed by atoms with Gasteiger partial charge in [0.1, 0.15) is 6.04 Å². The Hall–Kier alpha value is -1.35. The van der Waals surface area contributed by atoms with Gasteiger partial charge in [0.15, 0.2) is 0 Å². The number of rotatable bonds is 3. The fourth-order valence-electron chi connectivity index (χ4n) is 2.92. The third-order valence-electron chi connectivity index (χ3n) is 3.99. The van der Waals surface area contributed by atoms with Gasteiger partial charge >= 0.3 is 0 Å². The van der Waals surface area contributed by atoms with Gasteiger partial charge in [-0.3, -0.25) is 4.79 Å². The largest absolute Gasteiger partial charge is 0.352 e. The molecule has 0 aromatic heterocycles. The lowest BCUT2D eigenvalue weighted by molar-refractivity contribution is -0.123. The molecule has 2 atom stereocenters. The smallest absolute Gasteiger partial charge is 0.241 e. The number of benzene rings is 1. The number of nitrogens with two attached hydrogens (primary N) is 1. The van der Waals surface area contributed by atoms with Gasteiger partial charge in [-0.2, -0.15) is 0 Å². The van der Waals surface area contributed by atoms with Crippen molar-refractivity contribution in [1.82, 2.24) is 5.32 Å². The van der Waals surface area contributed by atoms with Gasteiger partial charge < -0.3 is 11.1 Å². The van der Waals surface area contributed by atoms with E-state index in [1.165, 1.54) is 12.8 Å². The van der Waals surface area contributed by atoms with Crippen molar-refractivity contribution < 1.29 is 4.79 Å². The van der Waals surface area contributed by atoms with E-state index in [1.807, 2.05) is 30.3 Å². The molecule has 1 fully saturated rings. The van der Waals surface area contributed by atoms with Crippen molar-refractivity contribution in [3.8, 4) is 0 Å². The van der Waals surface area contributed by atoms with Crippen LogP contribution in [0, 0.1) is 5.41 Å². The average Bonchev–Trinajstić information content (AvgIpc) is 2.37. The van der Waals surface area contributed by atoms with Crippen LogP contribution in [0.5, 0.6) is 0 Å². The summed E-state index contributed by atoms with van der Waals surface area (Å²) in [5, 5.41) is 3.11. The van der Waals surface area contributed by atoms with Crippen LogP contribution in [0.1, 0.15) is 51.1 Å². The molecule has 1 aliphatic rings. The number of carbonyl (C=O) groups excluding carboxylic acids is 1. The van der Waals surface area contributed by atoms with Gasteiger partial charge in [-0.05, 0) is 30.2 Å². The summed E-state index contributed by atoms with van der Waals surface area (Å²) in [4.78, 5) is 12.2. The van der Waals surface area contributed by atoms with Crippen LogP contribution in [-0.4, -0.2) is 11.9 Å². The van der Waals surface area contributed by atoms with Gasteiger partial charge in [0.25, 0.3) is 0 Å². The van der Waals surface area contributed by atoms with Crippen molar-refractivity contribution in [2.45, 2.75) is 51.6 Å². The summed E-state index contributed by atoms with van der Waals surface area (Å²) in [5.41, 5.74) is 7.21. The van der Waals surface area contributed by atoms with Gasteiger partial charge in [0, 0.05) is 6.04 Å². The zero-order valence-corrected chi connectivity index (χ0v) is 11.9. The first kappa shape index (κ1) is 14.1. The second-order valence-electron chi connectivity index (χ2n) is 6.35. The maximum atomic E-state index is 12.2. The molecule has 0 saturated heterocycles. The molecule has 1 saturated carbocycles. The highest BCUT2D eigenvalue weighted by molar-refractivity contribution is 5.83. The molecule has 1 unspecified atom stereocenters. The molecule has 19 heavy (non-hydrogen) atoms. The van der Waals surface area contributed by atoms with Crippen LogP contribution in [0.3, 0.4) is 0 Å². The highest BCUT2D eigenvalue weighted by Crippen LogP contribution is 2.35. The summed E-state index contributed by atoms with van der Waals surface area (Å²) in [5.74, 6) is -0.0612. The van der Waals surface area contributed by atoms with Crippen molar-refractivity contribution in [3.05, 3.63) is 35.9 Å². The number of hydrogen-bond donors (Lipinski definition) is 2. The number of carbonyl (C=O) groups is 1. The van der Waals surface area contributed by atoms with Gasteiger partial charge in [-0.15, -0.1) is 0 Å². The highest BCUT2D eigenvalue weighted by Gasteiger charge is 2.29. The molecule has 0 heterocycles. The summed E-state index contributed by atoms with van der Waals surface area (Å²) in [6.07, 6.45) is 4.53. The van der Waals surface area contributed by atoms with Gasteiger partial charge in [0.2, 0.25) is 5.91 Å². The maximum Gasteiger partial charge on any atom is 0.241 e. The third kappa shape index (κ3) is 3.80. The summed E-state index contributed by atoms with van der Waals surface area (Å²) >= 11 is 0. The van der Waals surface area contributed by atoms with Gasteiger partial charge in [-0.1, -0.05) is 50.6 Å². The van der Waals surface area contributed by atoms with Crippen molar-refractivity contribution in [2.75, 3.05) is 0 Å². The van der Waals surface area contributed by atoms with Crippen LogP contribution in [0.4, 0.5) is 0 Å². The molecule has 104 valence electrons. The van der Waals surface area contributed by atoms with Crippen molar-refractivity contribution in [3.63, 3.8) is 0 Å². The summed E-state index contributed by atoms with van der Waals surface area (Å²) in [6, 6.07) is 9.25. The molecule has 0 bridgehead atoms. The van der Waals surface area contributed by atoms with Gasteiger partial charge in [0.05, 0.1) is 0 Å². The third-order valence-corrected chi connectivity index (χ3v) is 3.99. The van der Waals surface area contributed by atoms with Gasteiger partial charge in [-0.25, -0.2) is 0 Å². The van der Waals surface area contributed by atoms with E-state index in [0.29, 0.717) is 5.41 Å². The standard InChI is InChI=1S/C16H24N2O/c1-16(2)10-6-9-13(11-16)18-15(19)14(17)12-7-4-3-5-8-12/h3-5,7-8,13-14H,6,9-11,17H2,1-2H3,(H,18,19)/t13?,14-/m0/s1. The fourth-order valence-corrected chi connectivity index (χ4v) is 2.92. The molecule has 1 aliphatic carbocycles.